The molecular weight excluding hydrogens is 479 g/mol. The lowest BCUT2D eigenvalue weighted by atomic mass is 10.1. The van der Waals surface area contributed by atoms with Gasteiger partial charge in [0.25, 0.3) is 5.91 Å². The molecule has 1 saturated heterocycles. The van der Waals surface area contributed by atoms with E-state index < -0.39 is 10.0 Å². The van der Waals surface area contributed by atoms with Crippen LogP contribution in [0.3, 0.4) is 0 Å². The molecule has 0 bridgehead atoms. The van der Waals surface area contributed by atoms with Crippen LogP contribution in [-0.4, -0.2) is 51.5 Å². The largest absolute Gasteiger partial charge is 0.379 e. The van der Waals surface area contributed by atoms with Crippen molar-refractivity contribution in [3.8, 4) is 0 Å². The predicted octanol–water partition coefficient (Wildman–Crippen LogP) is 2.52. The van der Waals surface area contributed by atoms with Crippen LogP contribution in [0.5, 0.6) is 0 Å². The SMILES string of the molecule is O=C(c1cccc(I)c1)N1CCc2cc(S(=O)(=O)N3CCOCC3)ccc21. The van der Waals surface area contributed by atoms with Crippen molar-refractivity contribution in [3.05, 3.63) is 57.2 Å². The summed E-state index contributed by atoms with van der Waals surface area (Å²) in [5.74, 6) is -0.0592. The third-order valence-corrected chi connectivity index (χ3v) is 7.44. The van der Waals surface area contributed by atoms with Gasteiger partial charge in [-0.25, -0.2) is 8.42 Å². The lowest BCUT2D eigenvalue weighted by Gasteiger charge is -2.26. The zero-order valence-electron chi connectivity index (χ0n) is 14.6. The van der Waals surface area contributed by atoms with E-state index >= 15 is 0 Å². The maximum Gasteiger partial charge on any atom is 0.258 e. The molecule has 2 aliphatic heterocycles. The van der Waals surface area contributed by atoms with Crippen LogP contribution in [0.1, 0.15) is 15.9 Å². The van der Waals surface area contributed by atoms with E-state index in [1.54, 1.807) is 29.2 Å². The molecule has 0 aliphatic carbocycles. The summed E-state index contributed by atoms with van der Waals surface area (Å²) in [4.78, 5) is 14.9. The second kappa shape index (κ2) is 7.50. The highest BCUT2D eigenvalue weighted by atomic mass is 127. The van der Waals surface area contributed by atoms with Gasteiger partial charge in [0.1, 0.15) is 0 Å². The smallest absolute Gasteiger partial charge is 0.258 e. The summed E-state index contributed by atoms with van der Waals surface area (Å²) in [6, 6.07) is 12.5. The number of hydrogen-bond acceptors (Lipinski definition) is 4. The van der Waals surface area contributed by atoms with E-state index in [0.717, 1.165) is 14.8 Å². The van der Waals surface area contributed by atoms with E-state index in [1.165, 1.54) is 4.31 Å². The van der Waals surface area contributed by atoms with Gasteiger partial charge in [0.2, 0.25) is 10.0 Å². The highest BCUT2D eigenvalue weighted by molar-refractivity contribution is 14.1. The van der Waals surface area contributed by atoms with E-state index in [-0.39, 0.29) is 10.8 Å². The summed E-state index contributed by atoms with van der Waals surface area (Å²) < 4.78 is 33.4. The van der Waals surface area contributed by atoms with Gasteiger partial charge in [-0.15, -0.1) is 0 Å². The Kier molecular flexibility index (Phi) is 5.23. The van der Waals surface area contributed by atoms with E-state index in [1.807, 2.05) is 18.2 Å². The monoisotopic (exact) mass is 498 g/mol. The lowest BCUT2D eigenvalue weighted by molar-refractivity contribution is 0.0730. The Morgan fingerprint density at radius 3 is 2.56 bits per heavy atom. The van der Waals surface area contributed by atoms with Crippen molar-refractivity contribution in [1.29, 1.82) is 0 Å². The number of carbonyl (C=O) groups is 1. The second-order valence-electron chi connectivity index (χ2n) is 6.52. The van der Waals surface area contributed by atoms with Crippen LogP contribution in [0.15, 0.2) is 47.4 Å². The molecule has 0 atom stereocenters. The van der Waals surface area contributed by atoms with Crippen molar-refractivity contribution in [3.63, 3.8) is 0 Å². The minimum Gasteiger partial charge on any atom is -0.379 e. The van der Waals surface area contributed by atoms with Crippen LogP contribution < -0.4 is 4.90 Å². The van der Waals surface area contributed by atoms with Crippen molar-refractivity contribution in [1.82, 2.24) is 4.31 Å². The van der Waals surface area contributed by atoms with Crippen LogP contribution in [0.25, 0.3) is 0 Å². The Hall–Kier alpha value is -1.49. The zero-order chi connectivity index (χ0) is 19.0. The number of nitrogens with zero attached hydrogens (tertiary/aromatic N) is 2. The van der Waals surface area contributed by atoms with Crippen LogP contribution >= 0.6 is 22.6 Å². The molecule has 0 saturated carbocycles. The first-order valence-corrected chi connectivity index (χ1v) is 11.3. The average molecular weight is 498 g/mol. The number of sulfonamides is 1. The summed E-state index contributed by atoms with van der Waals surface area (Å²) in [6.07, 6.45) is 0.650. The van der Waals surface area contributed by atoms with Gasteiger partial charge >= 0.3 is 0 Å². The molecule has 2 heterocycles. The summed E-state index contributed by atoms with van der Waals surface area (Å²) in [7, 11) is -3.53. The van der Waals surface area contributed by atoms with E-state index in [4.69, 9.17) is 4.74 Å². The molecule has 0 unspecified atom stereocenters. The summed E-state index contributed by atoms with van der Waals surface area (Å²) >= 11 is 2.19. The molecule has 0 aromatic heterocycles. The number of rotatable bonds is 3. The Labute approximate surface area is 172 Å². The van der Waals surface area contributed by atoms with Crippen molar-refractivity contribution < 1.29 is 17.9 Å². The van der Waals surface area contributed by atoms with Gasteiger partial charge in [0.05, 0.1) is 18.1 Å². The van der Waals surface area contributed by atoms with Crippen molar-refractivity contribution in [2.24, 2.45) is 0 Å². The van der Waals surface area contributed by atoms with E-state index in [2.05, 4.69) is 22.6 Å². The molecule has 142 valence electrons. The van der Waals surface area contributed by atoms with Crippen molar-refractivity contribution >= 4 is 44.2 Å². The topological polar surface area (TPSA) is 66.9 Å². The van der Waals surface area contributed by atoms with Crippen LogP contribution in [0, 0.1) is 3.57 Å². The molecule has 4 rings (SSSR count). The summed E-state index contributed by atoms with van der Waals surface area (Å²) in [5.41, 5.74) is 2.32. The highest BCUT2D eigenvalue weighted by Gasteiger charge is 2.30. The van der Waals surface area contributed by atoms with Crippen LogP contribution in [0.2, 0.25) is 0 Å². The number of morpholine rings is 1. The Bertz CT molecular complexity index is 987. The minimum absolute atomic E-state index is 0.0592. The van der Waals surface area contributed by atoms with Crippen molar-refractivity contribution in [2.45, 2.75) is 11.3 Å². The molecule has 0 N–H and O–H groups in total. The number of halogens is 1. The molecule has 2 aromatic carbocycles. The normalized spacial score (nSPS) is 17.7. The van der Waals surface area contributed by atoms with Gasteiger partial charge in [0.15, 0.2) is 0 Å². The zero-order valence-corrected chi connectivity index (χ0v) is 17.6. The second-order valence-corrected chi connectivity index (χ2v) is 9.71. The fourth-order valence-electron chi connectivity index (χ4n) is 3.46. The Morgan fingerprint density at radius 2 is 1.81 bits per heavy atom. The minimum atomic E-state index is -3.53. The fourth-order valence-corrected chi connectivity index (χ4v) is 5.47. The van der Waals surface area contributed by atoms with Gasteiger partial charge in [-0.1, -0.05) is 6.07 Å². The molecule has 27 heavy (non-hydrogen) atoms. The molecule has 2 aliphatic rings. The molecule has 1 amide bonds. The first kappa shape index (κ1) is 18.9. The van der Waals surface area contributed by atoms with Gasteiger partial charge in [-0.2, -0.15) is 4.31 Å². The summed E-state index contributed by atoms with van der Waals surface area (Å²) in [5, 5.41) is 0. The maximum atomic E-state index is 12.9. The molecule has 0 radical (unpaired) electrons. The molecule has 8 heteroatoms. The van der Waals surface area contributed by atoms with Gasteiger partial charge in [0, 0.05) is 34.5 Å². The summed E-state index contributed by atoms with van der Waals surface area (Å²) in [6.45, 7) is 2.14. The fraction of sp³-hybridized carbons (Fsp3) is 0.316. The van der Waals surface area contributed by atoms with Gasteiger partial charge in [-0.05, 0) is 71.0 Å². The van der Waals surface area contributed by atoms with Crippen LogP contribution in [0.4, 0.5) is 5.69 Å². The van der Waals surface area contributed by atoms with Gasteiger partial charge < -0.3 is 9.64 Å². The highest BCUT2D eigenvalue weighted by Crippen LogP contribution is 2.32. The quantitative estimate of drug-likeness (QED) is 0.611. The molecule has 0 spiro atoms. The number of anilines is 1. The average Bonchev–Trinajstić information content (AvgIpc) is 3.11. The molecule has 2 aromatic rings. The predicted molar refractivity (Wildman–Crippen MR) is 111 cm³/mol. The third-order valence-electron chi connectivity index (χ3n) is 4.87. The maximum absolute atomic E-state index is 12.9. The van der Waals surface area contributed by atoms with Gasteiger partial charge in [-0.3, -0.25) is 4.79 Å². The lowest BCUT2D eigenvalue weighted by Crippen LogP contribution is -2.40. The number of carbonyl (C=O) groups excluding carboxylic acids is 1. The van der Waals surface area contributed by atoms with Crippen LogP contribution in [-0.2, 0) is 21.2 Å². The Morgan fingerprint density at radius 1 is 1.04 bits per heavy atom. The third kappa shape index (κ3) is 3.63. The number of hydrogen-bond donors (Lipinski definition) is 0. The molecule has 1 fully saturated rings. The first-order chi connectivity index (χ1) is 13.0. The van der Waals surface area contributed by atoms with E-state index in [0.29, 0.717) is 44.8 Å². The molecule has 6 nitrogen and oxygen atoms in total. The van der Waals surface area contributed by atoms with E-state index in [9.17, 15) is 13.2 Å². The standard InChI is InChI=1S/C19H19IN2O4S/c20-16-3-1-2-15(12-16)19(23)22-7-6-14-13-17(4-5-18(14)22)27(24,25)21-8-10-26-11-9-21/h1-5,12-13H,6-11H2. The van der Waals surface area contributed by atoms with Crippen molar-refractivity contribution in [2.75, 3.05) is 37.7 Å². The Balaban J connectivity index is 1.62. The number of amides is 1. The first-order valence-electron chi connectivity index (χ1n) is 8.75. The number of fused-ring (bicyclic) bond motifs is 1. The number of benzene rings is 2. The molecular formula is C19H19IN2O4S. The number of ether oxygens (including phenoxy) is 1.